The highest BCUT2D eigenvalue weighted by Gasteiger charge is 2.35. The molecular weight excluding hydrogens is 301 g/mol. The number of anilines is 1. The molecule has 6 heteroatoms. The van der Waals surface area contributed by atoms with Crippen molar-refractivity contribution in [3.05, 3.63) is 28.2 Å². The average Bonchev–Trinajstić information content (AvgIpc) is 2.42. The van der Waals surface area contributed by atoms with E-state index in [1.54, 1.807) is 18.2 Å². The summed E-state index contributed by atoms with van der Waals surface area (Å²) in [7, 11) is 0. The number of hydrogen-bond acceptors (Lipinski definition) is 2. The fourth-order valence-electron chi connectivity index (χ4n) is 2.56. The fourth-order valence-corrected chi connectivity index (χ4v) is 2.90. The van der Waals surface area contributed by atoms with Crippen LogP contribution in [-0.2, 0) is 9.59 Å². The van der Waals surface area contributed by atoms with Crippen molar-refractivity contribution >= 4 is 40.8 Å². The Hall–Kier alpha value is -1.26. The predicted octanol–water partition coefficient (Wildman–Crippen LogP) is 3.82. The molecule has 108 valence electrons. The Labute approximate surface area is 127 Å². The third kappa shape index (κ3) is 3.44. The van der Waals surface area contributed by atoms with Crippen molar-refractivity contribution in [3.8, 4) is 0 Å². The number of carbonyl (C=O) groups excluding carboxylic acids is 1. The molecule has 1 fully saturated rings. The van der Waals surface area contributed by atoms with E-state index in [1.165, 1.54) is 0 Å². The van der Waals surface area contributed by atoms with Gasteiger partial charge < -0.3 is 10.4 Å². The Balaban J connectivity index is 2.14. The number of carbonyl (C=O) groups is 2. The zero-order valence-corrected chi connectivity index (χ0v) is 12.2. The van der Waals surface area contributed by atoms with Crippen LogP contribution in [0.1, 0.15) is 25.7 Å². The number of carboxylic acids is 1. The maximum Gasteiger partial charge on any atom is 0.307 e. The molecule has 2 atom stereocenters. The van der Waals surface area contributed by atoms with Crippen molar-refractivity contribution in [1.82, 2.24) is 0 Å². The van der Waals surface area contributed by atoms with E-state index in [-0.39, 0.29) is 5.91 Å². The van der Waals surface area contributed by atoms with E-state index in [0.29, 0.717) is 28.6 Å². The van der Waals surface area contributed by atoms with Gasteiger partial charge >= 0.3 is 5.97 Å². The first-order chi connectivity index (χ1) is 9.49. The standard InChI is InChI=1S/C14H15Cl2NO3/c15-8-5-6-11(16)12(7-8)17-13(18)9-3-1-2-4-10(9)14(19)20/h5-7,9-10H,1-4H2,(H,17,18)(H,19,20)/t9-,10-/m1/s1. The molecule has 1 aromatic rings. The first kappa shape index (κ1) is 15.1. The number of amides is 1. The average molecular weight is 316 g/mol. The molecule has 20 heavy (non-hydrogen) atoms. The molecule has 1 saturated carbocycles. The minimum absolute atomic E-state index is 0.304. The summed E-state index contributed by atoms with van der Waals surface area (Å²) in [6.07, 6.45) is 2.83. The quantitative estimate of drug-likeness (QED) is 0.891. The van der Waals surface area contributed by atoms with Gasteiger partial charge in [0.1, 0.15) is 0 Å². The number of aliphatic carboxylic acids is 1. The first-order valence-electron chi connectivity index (χ1n) is 6.48. The van der Waals surface area contributed by atoms with Gasteiger partial charge in [-0.25, -0.2) is 0 Å². The minimum atomic E-state index is -0.915. The van der Waals surface area contributed by atoms with Crippen molar-refractivity contribution < 1.29 is 14.7 Å². The Kier molecular flexibility index (Phi) is 4.89. The molecule has 1 aromatic carbocycles. The number of benzene rings is 1. The third-order valence-corrected chi connectivity index (χ3v) is 4.17. The molecule has 0 saturated heterocycles. The monoisotopic (exact) mass is 315 g/mol. The molecule has 0 aliphatic heterocycles. The van der Waals surface area contributed by atoms with Crippen LogP contribution in [0.5, 0.6) is 0 Å². The van der Waals surface area contributed by atoms with Gasteiger partial charge in [0.2, 0.25) is 5.91 Å². The van der Waals surface area contributed by atoms with Gasteiger partial charge in [-0.2, -0.15) is 0 Å². The number of halogens is 2. The fraction of sp³-hybridized carbons (Fsp3) is 0.429. The van der Waals surface area contributed by atoms with Crippen LogP contribution in [-0.4, -0.2) is 17.0 Å². The van der Waals surface area contributed by atoms with Crippen LogP contribution < -0.4 is 5.32 Å². The smallest absolute Gasteiger partial charge is 0.307 e. The van der Waals surface area contributed by atoms with Gasteiger partial charge in [0.25, 0.3) is 0 Å². The lowest BCUT2D eigenvalue weighted by molar-refractivity contribution is -0.147. The van der Waals surface area contributed by atoms with E-state index < -0.39 is 17.8 Å². The highest BCUT2D eigenvalue weighted by Crippen LogP contribution is 2.32. The second-order valence-electron chi connectivity index (χ2n) is 4.95. The van der Waals surface area contributed by atoms with E-state index in [9.17, 15) is 14.7 Å². The largest absolute Gasteiger partial charge is 0.481 e. The van der Waals surface area contributed by atoms with Crippen molar-refractivity contribution in [3.63, 3.8) is 0 Å². The number of nitrogens with one attached hydrogen (secondary N) is 1. The van der Waals surface area contributed by atoms with Crippen LogP contribution in [0.15, 0.2) is 18.2 Å². The lowest BCUT2D eigenvalue weighted by Gasteiger charge is -2.27. The van der Waals surface area contributed by atoms with E-state index in [4.69, 9.17) is 23.2 Å². The van der Waals surface area contributed by atoms with Gasteiger partial charge in [-0.1, -0.05) is 36.0 Å². The van der Waals surface area contributed by atoms with Crippen LogP contribution in [0.25, 0.3) is 0 Å². The third-order valence-electron chi connectivity index (χ3n) is 3.61. The first-order valence-corrected chi connectivity index (χ1v) is 7.23. The molecule has 4 nitrogen and oxygen atoms in total. The van der Waals surface area contributed by atoms with Crippen molar-refractivity contribution in [2.24, 2.45) is 11.8 Å². The Morgan fingerprint density at radius 2 is 1.80 bits per heavy atom. The molecule has 0 radical (unpaired) electrons. The van der Waals surface area contributed by atoms with E-state index >= 15 is 0 Å². The molecule has 0 bridgehead atoms. The van der Waals surface area contributed by atoms with Gasteiger partial charge in [-0.15, -0.1) is 0 Å². The zero-order chi connectivity index (χ0) is 14.7. The summed E-state index contributed by atoms with van der Waals surface area (Å²) in [5.74, 6) is -2.36. The minimum Gasteiger partial charge on any atom is -0.481 e. The Morgan fingerprint density at radius 3 is 2.45 bits per heavy atom. The zero-order valence-electron chi connectivity index (χ0n) is 10.7. The van der Waals surface area contributed by atoms with Crippen molar-refractivity contribution in [2.45, 2.75) is 25.7 Å². The SMILES string of the molecule is O=C(O)[C@@H]1CCCC[C@H]1C(=O)Nc1cc(Cl)ccc1Cl. The van der Waals surface area contributed by atoms with Gasteiger partial charge in [0.05, 0.1) is 22.5 Å². The molecule has 2 N–H and O–H groups in total. The van der Waals surface area contributed by atoms with Gasteiger partial charge in [-0.05, 0) is 31.0 Å². The summed E-state index contributed by atoms with van der Waals surface area (Å²) in [5.41, 5.74) is 0.416. The molecule has 0 heterocycles. The normalized spacial score (nSPS) is 22.3. The number of hydrogen-bond donors (Lipinski definition) is 2. The topological polar surface area (TPSA) is 66.4 Å². The molecule has 1 aliphatic rings. The summed E-state index contributed by atoms with van der Waals surface area (Å²) in [4.78, 5) is 23.5. The predicted molar refractivity (Wildman–Crippen MR) is 78.2 cm³/mol. The number of rotatable bonds is 3. The Bertz CT molecular complexity index is 533. The molecule has 2 rings (SSSR count). The lowest BCUT2D eigenvalue weighted by atomic mass is 9.78. The summed E-state index contributed by atoms with van der Waals surface area (Å²) < 4.78 is 0. The Morgan fingerprint density at radius 1 is 1.15 bits per heavy atom. The molecule has 1 amide bonds. The highest BCUT2D eigenvalue weighted by molar-refractivity contribution is 6.35. The van der Waals surface area contributed by atoms with Gasteiger partial charge in [0, 0.05) is 5.02 Å². The van der Waals surface area contributed by atoms with Crippen LogP contribution in [0.4, 0.5) is 5.69 Å². The highest BCUT2D eigenvalue weighted by atomic mass is 35.5. The van der Waals surface area contributed by atoms with Gasteiger partial charge in [-0.3, -0.25) is 9.59 Å². The van der Waals surface area contributed by atoms with Crippen LogP contribution in [0, 0.1) is 11.8 Å². The van der Waals surface area contributed by atoms with Crippen molar-refractivity contribution in [1.29, 1.82) is 0 Å². The molecular formula is C14H15Cl2NO3. The molecule has 1 aliphatic carbocycles. The maximum absolute atomic E-state index is 12.3. The molecule has 0 unspecified atom stereocenters. The maximum atomic E-state index is 12.3. The van der Waals surface area contributed by atoms with E-state index in [0.717, 1.165) is 12.8 Å². The summed E-state index contributed by atoms with van der Waals surface area (Å²) in [6, 6.07) is 4.77. The van der Waals surface area contributed by atoms with Crippen LogP contribution in [0.2, 0.25) is 10.0 Å². The second-order valence-corrected chi connectivity index (χ2v) is 5.79. The second kappa shape index (κ2) is 6.46. The molecule has 0 aromatic heterocycles. The van der Waals surface area contributed by atoms with E-state index in [1.807, 2.05) is 0 Å². The summed E-state index contributed by atoms with van der Waals surface area (Å²) >= 11 is 11.8. The number of carboxylic acid groups (broad SMARTS) is 1. The lowest BCUT2D eigenvalue weighted by Crippen LogP contribution is -2.36. The van der Waals surface area contributed by atoms with Crippen LogP contribution >= 0.6 is 23.2 Å². The summed E-state index contributed by atoms with van der Waals surface area (Å²) in [6.45, 7) is 0. The van der Waals surface area contributed by atoms with Gasteiger partial charge in [0.15, 0.2) is 0 Å². The van der Waals surface area contributed by atoms with E-state index in [2.05, 4.69) is 5.32 Å². The van der Waals surface area contributed by atoms with Crippen LogP contribution in [0.3, 0.4) is 0 Å². The summed E-state index contributed by atoms with van der Waals surface area (Å²) in [5, 5.41) is 12.7. The molecule has 0 spiro atoms. The van der Waals surface area contributed by atoms with Crippen molar-refractivity contribution in [2.75, 3.05) is 5.32 Å².